The maximum Gasteiger partial charge on any atom is 0.128 e. The Morgan fingerprint density at radius 1 is 1.07 bits per heavy atom. The summed E-state index contributed by atoms with van der Waals surface area (Å²) >= 11 is 0. The summed E-state index contributed by atoms with van der Waals surface area (Å²) in [7, 11) is 0. The van der Waals surface area contributed by atoms with Crippen molar-refractivity contribution in [2.75, 3.05) is 0 Å². The van der Waals surface area contributed by atoms with Gasteiger partial charge < -0.3 is 0 Å². The number of unbranched alkanes of at least 4 members (excludes halogenated alkanes) is 1. The Morgan fingerprint density at radius 2 is 1.73 bits per heavy atom. The van der Waals surface area contributed by atoms with E-state index in [9.17, 15) is 0 Å². The van der Waals surface area contributed by atoms with Gasteiger partial charge in [0.15, 0.2) is 0 Å². The first-order chi connectivity index (χ1) is 7.43. The van der Waals surface area contributed by atoms with E-state index in [2.05, 4.69) is 32.3 Å². The molecule has 2 aromatic heterocycles. The van der Waals surface area contributed by atoms with Crippen LogP contribution in [0.4, 0.5) is 0 Å². The van der Waals surface area contributed by atoms with E-state index in [1.807, 2.05) is 6.07 Å². The van der Waals surface area contributed by atoms with Gasteiger partial charge in [-0.1, -0.05) is 13.3 Å². The third-order valence-electron chi connectivity index (χ3n) is 1.70. The quantitative estimate of drug-likeness (QED) is 0.826. The summed E-state index contributed by atoms with van der Waals surface area (Å²) in [4.78, 5) is 8.21. The molecule has 0 aliphatic carbocycles. The topological polar surface area (TPSA) is 67.3 Å². The minimum Gasteiger partial charge on any atom is -0.241 e. The lowest BCUT2D eigenvalue weighted by Crippen LogP contribution is -1.91. The van der Waals surface area contributed by atoms with Crippen molar-refractivity contribution < 1.29 is 0 Å². The molecule has 0 bridgehead atoms. The van der Waals surface area contributed by atoms with Gasteiger partial charge >= 0.3 is 0 Å². The molecule has 0 radical (unpaired) electrons. The van der Waals surface area contributed by atoms with Crippen LogP contribution in [-0.2, 0) is 6.42 Å². The molecule has 0 spiro atoms. The van der Waals surface area contributed by atoms with Gasteiger partial charge in [-0.2, -0.15) is 15.4 Å². The smallest absolute Gasteiger partial charge is 0.128 e. The molecule has 1 N–H and O–H groups in total. The van der Waals surface area contributed by atoms with E-state index < -0.39 is 0 Å². The van der Waals surface area contributed by atoms with Gasteiger partial charge in [-0.3, -0.25) is 0 Å². The van der Waals surface area contributed by atoms with Crippen LogP contribution in [0.3, 0.4) is 0 Å². The highest BCUT2D eigenvalue weighted by Gasteiger charge is 1.90. The lowest BCUT2D eigenvalue weighted by molar-refractivity contribution is 0.752. The van der Waals surface area contributed by atoms with Crippen molar-refractivity contribution in [1.29, 1.82) is 0 Å². The Hall–Kier alpha value is -1.78. The summed E-state index contributed by atoms with van der Waals surface area (Å²) in [6.45, 7) is 2.17. The molecule has 2 rings (SSSR count). The molecular weight excluding hydrogens is 190 g/mol. The number of H-pyrrole nitrogens is 1. The molecule has 0 aliphatic heterocycles. The van der Waals surface area contributed by atoms with Crippen molar-refractivity contribution in [1.82, 2.24) is 25.4 Å². The number of hydrogen-bond acceptors (Lipinski definition) is 4. The van der Waals surface area contributed by atoms with E-state index >= 15 is 0 Å². The molecule has 0 saturated carbocycles. The first-order valence-electron chi connectivity index (χ1n) is 4.99. The van der Waals surface area contributed by atoms with Gasteiger partial charge in [0.05, 0.1) is 12.4 Å². The van der Waals surface area contributed by atoms with Crippen molar-refractivity contribution in [2.45, 2.75) is 26.2 Å². The number of hydrogen-bond donors (Lipinski definition) is 1. The second-order valence-corrected chi connectivity index (χ2v) is 2.92. The van der Waals surface area contributed by atoms with Gasteiger partial charge in [-0.25, -0.2) is 9.97 Å². The fourth-order valence-electron chi connectivity index (χ4n) is 0.961. The summed E-state index contributed by atoms with van der Waals surface area (Å²) in [5.74, 6) is 0.962. The number of nitrogens with zero attached hydrogens (tertiary/aromatic N) is 4. The van der Waals surface area contributed by atoms with Gasteiger partial charge in [0.25, 0.3) is 0 Å². The number of aromatic amines is 1. The summed E-state index contributed by atoms with van der Waals surface area (Å²) in [5.41, 5.74) is 0. The zero-order valence-corrected chi connectivity index (χ0v) is 8.80. The average Bonchev–Trinajstić information content (AvgIpc) is 2.86. The standard InChI is InChI=1S/C8H12N2.C2H3N3/c1-2-3-5-8-9-6-4-7-10-8;1-2-4-5-3-1/h4,6-7H,2-3,5H2,1H3;1-2H,(H,3,4,5). The molecule has 0 saturated heterocycles. The molecule has 80 valence electrons. The molecule has 0 aromatic carbocycles. The highest BCUT2D eigenvalue weighted by molar-refractivity contribution is 4.87. The van der Waals surface area contributed by atoms with Crippen LogP contribution in [0.15, 0.2) is 30.9 Å². The van der Waals surface area contributed by atoms with Crippen LogP contribution in [0.25, 0.3) is 0 Å². The zero-order chi connectivity index (χ0) is 10.8. The minimum absolute atomic E-state index is 0.962. The van der Waals surface area contributed by atoms with Gasteiger partial charge in [0.1, 0.15) is 5.82 Å². The van der Waals surface area contributed by atoms with Crippen molar-refractivity contribution in [3.8, 4) is 0 Å². The third-order valence-corrected chi connectivity index (χ3v) is 1.70. The Balaban J connectivity index is 0.000000187. The van der Waals surface area contributed by atoms with E-state index in [1.54, 1.807) is 24.8 Å². The molecule has 5 heteroatoms. The van der Waals surface area contributed by atoms with Gasteiger partial charge in [-0.05, 0) is 12.5 Å². The molecule has 0 atom stereocenters. The van der Waals surface area contributed by atoms with E-state index in [1.165, 1.54) is 12.8 Å². The third kappa shape index (κ3) is 5.51. The monoisotopic (exact) mass is 205 g/mol. The van der Waals surface area contributed by atoms with E-state index in [0.29, 0.717) is 0 Å². The lowest BCUT2D eigenvalue weighted by Gasteiger charge is -1.94. The van der Waals surface area contributed by atoms with Crippen LogP contribution >= 0.6 is 0 Å². The normalized spacial score (nSPS) is 9.13. The van der Waals surface area contributed by atoms with E-state index in [4.69, 9.17) is 0 Å². The highest BCUT2D eigenvalue weighted by Crippen LogP contribution is 1.95. The second kappa shape index (κ2) is 7.61. The van der Waals surface area contributed by atoms with Crippen LogP contribution in [0, 0.1) is 0 Å². The Kier molecular flexibility index (Phi) is 5.73. The SMILES string of the molecule is CCCCc1ncccn1.c1cn[nH]n1. The van der Waals surface area contributed by atoms with Crippen molar-refractivity contribution in [2.24, 2.45) is 0 Å². The number of aromatic nitrogens is 5. The maximum atomic E-state index is 4.11. The number of nitrogens with one attached hydrogen (secondary N) is 1. The van der Waals surface area contributed by atoms with Crippen molar-refractivity contribution in [3.05, 3.63) is 36.7 Å². The van der Waals surface area contributed by atoms with E-state index in [0.717, 1.165) is 12.2 Å². The number of rotatable bonds is 3. The van der Waals surface area contributed by atoms with Gasteiger partial charge in [-0.15, -0.1) is 0 Å². The summed E-state index contributed by atoms with van der Waals surface area (Å²) in [6, 6.07) is 1.84. The minimum atomic E-state index is 0.962. The van der Waals surface area contributed by atoms with Crippen LogP contribution in [-0.4, -0.2) is 25.4 Å². The molecule has 0 aliphatic rings. The molecular formula is C10H15N5. The fraction of sp³-hybridized carbons (Fsp3) is 0.400. The summed E-state index contributed by atoms with van der Waals surface area (Å²) in [5, 5.41) is 9.33. The largest absolute Gasteiger partial charge is 0.241 e. The Labute approximate surface area is 89.0 Å². The molecule has 2 heterocycles. The average molecular weight is 205 g/mol. The molecule has 0 amide bonds. The molecule has 2 aromatic rings. The highest BCUT2D eigenvalue weighted by atomic mass is 15.3. The van der Waals surface area contributed by atoms with Crippen LogP contribution in [0.2, 0.25) is 0 Å². The van der Waals surface area contributed by atoms with Crippen LogP contribution in [0.5, 0.6) is 0 Å². The van der Waals surface area contributed by atoms with E-state index in [-0.39, 0.29) is 0 Å². The number of aryl methyl sites for hydroxylation is 1. The first-order valence-corrected chi connectivity index (χ1v) is 4.99. The van der Waals surface area contributed by atoms with Crippen molar-refractivity contribution in [3.63, 3.8) is 0 Å². The van der Waals surface area contributed by atoms with Crippen LogP contribution < -0.4 is 0 Å². The van der Waals surface area contributed by atoms with Crippen LogP contribution in [0.1, 0.15) is 25.6 Å². The first kappa shape index (κ1) is 11.3. The predicted octanol–water partition coefficient (Wildman–Crippen LogP) is 1.62. The summed E-state index contributed by atoms with van der Waals surface area (Å²) in [6.07, 6.45) is 10.1. The fourth-order valence-corrected chi connectivity index (χ4v) is 0.961. The Bertz CT molecular complexity index is 302. The molecule has 15 heavy (non-hydrogen) atoms. The molecule has 5 nitrogen and oxygen atoms in total. The lowest BCUT2D eigenvalue weighted by atomic mass is 10.2. The Morgan fingerprint density at radius 3 is 2.20 bits per heavy atom. The van der Waals surface area contributed by atoms with Crippen molar-refractivity contribution >= 4 is 0 Å². The maximum absolute atomic E-state index is 4.11. The van der Waals surface area contributed by atoms with Gasteiger partial charge in [0, 0.05) is 18.8 Å². The summed E-state index contributed by atoms with van der Waals surface area (Å²) < 4.78 is 0. The second-order valence-electron chi connectivity index (χ2n) is 2.92. The molecule has 0 fully saturated rings. The predicted molar refractivity (Wildman–Crippen MR) is 57.0 cm³/mol. The molecule has 0 unspecified atom stereocenters. The zero-order valence-electron chi connectivity index (χ0n) is 8.80. The van der Waals surface area contributed by atoms with Gasteiger partial charge in [0.2, 0.25) is 0 Å².